The lowest BCUT2D eigenvalue weighted by molar-refractivity contribution is -0.129. The lowest BCUT2D eigenvalue weighted by Crippen LogP contribution is -2.14. The van der Waals surface area contributed by atoms with Crippen molar-refractivity contribution in [3.63, 3.8) is 0 Å². The van der Waals surface area contributed by atoms with E-state index >= 15 is 0 Å². The minimum absolute atomic E-state index is 0.340. The zero-order valence-electron chi connectivity index (χ0n) is 3.95. The van der Waals surface area contributed by atoms with Crippen LogP contribution in [0.5, 0.6) is 0 Å². The molecule has 0 bridgehead atoms. The number of aldehydes is 1. The highest BCUT2D eigenvalue weighted by molar-refractivity contribution is 5.59. The van der Waals surface area contributed by atoms with Gasteiger partial charge in [0.15, 0.2) is 6.29 Å². The van der Waals surface area contributed by atoms with Gasteiger partial charge in [-0.25, -0.2) is 0 Å². The van der Waals surface area contributed by atoms with Crippen LogP contribution >= 0.6 is 0 Å². The molecule has 0 aliphatic heterocycles. The second-order valence-corrected chi connectivity index (χ2v) is 1.23. The summed E-state index contributed by atoms with van der Waals surface area (Å²) in [4.78, 5) is 9.31. The Labute approximate surface area is 40.3 Å². The third kappa shape index (κ3) is 2.25. The van der Waals surface area contributed by atoms with Crippen molar-refractivity contribution < 1.29 is 13.6 Å². The van der Waals surface area contributed by atoms with E-state index in [0.29, 0.717) is 0 Å². The van der Waals surface area contributed by atoms with Crippen LogP contribution in [-0.4, -0.2) is 12.2 Å². The second-order valence-electron chi connectivity index (χ2n) is 1.23. The number of carbonyl (C=O) groups excluding carboxylic acids is 1. The molecule has 0 rings (SSSR count). The van der Waals surface area contributed by atoms with Gasteiger partial charge in [-0.05, 0) is 0 Å². The highest BCUT2D eigenvalue weighted by Crippen LogP contribution is 2.12. The van der Waals surface area contributed by atoms with Crippen molar-refractivity contribution in [1.29, 1.82) is 0 Å². The number of hydrogen-bond donors (Lipinski definition) is 0. The first-order valence-corrected chi connectivity index (χ1v) is 1.96. The summed E-state index contributed by atoms with van der Waals surface area (Å²) in [7, 11) is 0. The molecule has 7 heavy (non-hydrogen) atoms. The number of hydrogen-bond acceptors (Lipinski definition) is 1. The van der Waals surface area contributed by atoms with Gasteiger partial charge < -0.3 is 0 Å². The molecular weight excluding hydrogens is 102 g/mol. The summed E-state index contributed by atoms with van der Waals surface area (Å²) in [6, 6.07) is 0. The Morgan fingerprint density at radius 1 is 1.71 bits per heavy atom. The Kier molecular flexibility index (Phi) is 1.87. The molecule has 0 aromatic carbocycles. The van der Waals surface area contributed by atoms with Crippen molar-refractivity contribution >= 4 is 6.29 Å². The third-order valence-corrected chi connectivity index (χ3v) is 0.644. The van der Waals surface area contributed by atoms with E-state index in [4.69, 9.17) is 0 Å². The highest BCUT2D eigenvalue weighted by Gasteiger charge is 2.23. The molecule has 0 aromatic rings. The molecule has 0 amide bonds. The molecular formula is C4H6F2O. The van der Waals surface area contributed by atoms with Crippen molar-refractivity contribution in [3.8, 4) is 0 Å². The summed E-state index contributed by atoms with van der Waals surface area (Å²) < 4.78 is 23.0. The van der Waals surface area contributed by atoms with Gasteiger partial charge in [0.1, 0.15) is 0 Å². The highest BCUT2D eigenvalue weighted by atomic mass is 19.3. The Morgan fingerprint density at radius 3 is 2.14 bits per heavy atom. The molecule has 0 fully saturated rings. The first-order valence-electron chi connectivity index (χ1n) is 1.96. The smallest absolute Gasteiger partial charge is 0.297 e. The molecule has 0 saturated heterocycles. The van der Waals surface area contributed by atoms with Gasteiger partial charge in [0.05, 0.1) is 0 Å². The summed E-state index contributed by atoms with van der Waals surface area (Å²) in [6.45, 7) is 1.26. The van der Waals surface area contributed by atoms with Gasteiger partial charge >= 0.3 is 5.92 Å². The maximum atomic E-state index is 11.5. The lowest BCUT2D eigenvalue weighted by atomic mass is 10.3. The van der Waals surface area contributed by atoms with Crippen LogP contribution in [0, 0.1) is 0 Å². The maximum Gasteiger partial charge on any atom is 0.302 e. The van der Waals surface area contributed by atoms with Crippen LogP contribution in [0.15, 0.2) is 0 Å². The fraction of sp³-hybridized carbons (Fsp3) is 0.750. The number of carbonyl (C=O) groups is 1. The minimum atomic E-state index is -3.10. The molecule has 0 spiro atoms. The van der Waals surface area contributed by atoms with Crippen molar-refractivity contribution in [2.45, 2.75) is 19.3 Å². The van der Waals surface area contributed by atoms with E-state index in [9.17, 15) is 13.6 Å². The minimum Gasteiger partial charge on any atom is -0.297 e. The molecule has 0 atom stereocenters. The second kappa shape index (κ2) is 2.00. The summed E-state index contributed by atoms with van der Waals surface area (Å²) >= 11 is 0. The molecule has 3 heteroatoms. The van der Waals surface area contributed by atoms with Gasteiger partial charge in [0.2, 0.25) is 0 Å². The summed E-state index contributed by atoms with van der Waals surface area (Å²) in [6.07, 6.45) is -0.747. The van der Waals surface area contributed by atoms with Gasteiger partial charge in [-0.3, -0.25) is 4.79 Å². The first kappa shape index (κ1) is 6.53. The molecule has 0 radical (unpaired) electrons. The van der Waals surface area contributed by atoms with Crippen molar-refractivity contribution in [2.75, 3.05) is 0 Å². The van der Waals surface area contributed by atoms with E-state index in [2.05, 4.69) is 0 Å². The van der Waals surface area contributed by atoms with E-state index in [1.807, 2.05) is 0 Å². The molecule has 0 aliphatic carbocycles. The van der Waals surface area contributed by atoms with Crippen molar-refractivity contribution in [1.82, 2.24) is 0 Å². The number of alkyl halides is 2. The molecule has 0 aliphatic rings. The summed E-state index contributed by atoms with van der Waals surface area (Å²) in [5.74, 6) is -3.10. The van der Waals surface area contributed by atoms with Crippen LogP contribution in [0.4, 0.5) is 8.78 Å². The van der Waals surface area contributed by atoms with Gasteiger partial charge in [-0.1, -0.05) is 6.92 Å². The first-order chi connectivity index (χ1) is 3.12. The van der Waals surface area contributed by atoms with Crippen LogP contribution in [-0.2, 0) is 4.79 Å². The van der Waals surface area contributed by atoms with E-state index in [1.54, 1.807) is 0 Å². The van der Waals surface area contributed by atoms with Crippen LogP contribution in [0.2, 0.25) is 0 Å². The topological polar surface area (TPSA) is 17.1 Å². The molecule has 0 unspecified atom stereocenters. The Bertz CT molecular complexity index is 70.1. The number of halogens is 2. The van der Waals surface area contributed by atoms with E-state index in [0.717, 1.165) is 0 Å². The Hall–Kier alpha value is -0.470. The lowest BCUT2D eigenvalue weighted by Gasteiger charge is -2.00. The van der Waals surface area contributed by atoms with Gasteiger partial charge in [-0.15, -0.1) is 0 Å². The Morgan fingerprint density at radius 2 is 2.14 bits per heavy atom. The molecule has 0 aromatic heterocycles. The standard InChI is InChI=1S/C4H6F2O/c1-2-4(5,6)3-7/h3H,2H2,1H3. The largest absolute Gasteiger partial charge is 0.302 e. The maximum absolute atomic E-state index is 11.5. The fourth-order valence-electron chi connectivity index (χ4n) is 0.0833. The number of rotatable bonds is 2. The van der Waals surface area contributed by atoms with E-state index in [-0.39, 0.29) is 6.29 Å². The predicted molar refractivity (Wildman–Crippen MR) is 21.3 cm³/mol. The van der Waals surface area contributed by atoms with E-state index in [1.165, 1.54) is 6.92 Å². The fourth-order valence-corrected chi connectivity index (χ4v) is 0.0833. The molecule has 42 valence electrons. The van der Waals surface area contributed by atoms with Gasteiger partial charge in [-0.2, -0.15) is 8.78 Å². The molecule has 0 N–H and O–H groups in total. The van der Waals surface area contributed by atoms with Crippen LogP contribution in [0.25, 0.3) is 0 Å². The van der Waals surface area contributed by atoms with Crippen LogP contribution in [0.1, 0.15) is 13.3 Å². The normalized spacial score (nSPS) is 11.3. The van der Waals surface area contributed by atoms with Crippen LogP contribution in [0.3, 0.4) is 0 Å². The predicted octanol–water partition coefficient (Wildman–Crippen LogP) is 1.23. The van der Waals surface area contributed by atoms with Gasteiger partial charge in [0.25, 0.3) is 0 Å². The zero-order valence-corrected chi connectivity index (χ0v) is 3.95. The monoisotopic (exact) mass is 108 g/mol. The van der Waals surface area contributed by atoms with Crippen LogP contribution < -0.4 is 0 Å². The average molecular weight is 108 g/mol. The average Bonchev–Trinajstić information content (AvgIpc) is 1.68. The summed E-state index contributed by atoms with van der Waals surface area (Å²) in [5, 5.41) is 0. The molecule has 1 nitrogen and oxygen atoms in total. The van der Waals surface area contributed by atoms with Crippen molar-refractivity contribution in [2.24, 2.45) is 0 Å². The SMILES string of the molecule is CCC(F)(F)C=O. The summed E-state index contributed by atoms with van der Waals surface area (Å²) in [5.41, 5.74) is 0. The van der Waals surface area contributed by atoms with Gasteiger partial charge in [0, 0.05) is 6.42 Å². The molecule has 0 saturated carbocycles. The van der Waals surface area contributed by atoms with Crippen molar-refractivity contribution in [3.05, 3.63) is 0 Å². The Balaban J connectivity index is 3.58. The third-order valence-electron chi connectivity index (χ3n) is 0.644. The zero-order chi connectivity index (χ0) is 5.91. The van der Waals surface area contributed by atoms with E-state index < -0.39 is 12.3 Å². The quantitative estimate of drug-likeness (QED) is 0.486. The molecule has 0 heterocycles.